The van der Waals surface area contributed by atoms with Gasteiger partial charge in [-0.05, 0) is 19.9 Å². The standard InChI is InChI=1S/C15H13N7O3/c1-9-6-10(2)21-15(17-9)18-13(20-21)14(23)19-16-8-11-4-3-5-12(7-11)22(24)25/h3-8H,1-2H3,(H,19,23). The fraction of sp³-hybridized carbons (Fsp3) is 0.133. The highest BCUT2D eigenvalue weighted by molar-refractivity contribution is 5.91. The Hall–Kier alpha value is -3.69. The Morgan fingerprint density at radius 2 is 2.12 bits per heavy atom. The van der Waals surface area contributed by atoms with Gasteiger partial charge in [0.25, 0.3) is 11.5 Å². The summed E-state index contributed by atoms with van der Waals surface area (Å²) in [7, 11) is 0. The third-order valence-corrected chi connectivity index (χ3v) is 3.28. The molecule has 2 heterocycles. The molecule has 126 valence electrons. The largest absolute Gasteiger partial charge is 0.311 e. The maximum Gasteiger partial charge on any atom is 0.311 e. The number of amides is 1. The highest BCUT2D eigenvalue weighted by Crippen LogP contribution is 2.11. The average Bonchev–Trinajstić information content (AvgIpc) is 2.99. The molecule has 0 bridgehead atoms. The molecule has 0 fully saturated rings. The van der Waals surface area contributed by atoms with Gasteiger partial charge in [0.05, 0.1) is 11.1 Å². The summed E-state index contributed by atoms with van der Waals surface area (Å²) in [6, 6.07) is 7.69. The predicted molar refractivity (Wildman–Crippen MR) is 88.4 cm³/mol. The Kier molecular flexibility index (Phi) is 4.16. The molecular formula is C15H13N7O3. The zero-order valence-corrected chi connectivity index (χ0v) is 13.4. The van der Waals surface area contributed by atoms with Gasteiger partial charge in [-0.15, -0.1) is 5.10 Å². The van der Waals surface area contributed by atoms with Crippen LogP contribution in [0.5, 0.6) is 0 Å². The summed E-state index contributed by atoms with van der Waals surface area (Å²) in [5.74, 6) is -0.355. The molecule has 3 rings (SSSR count). The van der Waals surface area contributed by atoms with Crippen LogP contribution >= 0.6 is 0 Å². The first kappa shape index (κ1) is 16.2. The molecular weight excluding hydrogens is 326 g/mol. The molecule has 1 aromatic carbocycles. The van der Waals surface area contributed by atoms with Crippen molar-refractivity contribution in [3.63, 3.8) is 0 Å². The Balaban J connectivity index is 1.75. The number of aromatic nitrogens is 4. The van der Waals surface area contributed by atoms with E-state index >= 15 is 0 Å². The van der Waals surface area contributed by atoms with Crippen molar-refractivity contribution in [3.8, 4) is 0 Å². The van der Waals surface area contributed by atoms with Crippen LogP contribution < -0.4 is 5.43 Å². The number of nitrogens with one attached hydrogen (secondary N) is 1. The molecule has 0 aliphatic rings. The lowest BCUT2D eigenvalue weighted by Gasteiger charge is -1.97. The van der Waals surface area contributed by atoms with Crippen LogP contribution in [0.15, 0.2) is 35.4 Å². The number of nitrogens with zero attached hydrogens (tertiary/aromatic N) is 6. The van der Waals surface area contributed by atoms with Crippen molar-refractivity contribution in [1.29, 1.82) is 0 Å². The SMILES string of the molecule is Cc1cc(C)n2nc(C(=O)NN=Cc3cccc([N+](=O)[O-])c3)nc2n1. The van der Waals surface area contributed by atoms with Gasteiger partial charge in [0.15, 0.2) is 0 Å². The summed E-state index contributed by atoms with van der Waals surface area (Å²) in [4.78, 5) is 30.6. The van der Waals surface area contributed by atoms with Crippen LogP contribution in [0, 0.1) is 24.0 Å². The molecule has 0 saturated carbocycles. The van der Waals surface area contributed by atoms with Gasteiger partial charge in [-0.2, -0.15) is 10.1 Å². The number of hydrogen-bond acceptors (Lipinski definition) is 7. The van der Waals surface area contributed by atoms with Crippen molar-refractivity contribution in [3.05, 3.63) is 63.2 Å². The highest BCUT2D eigenvalue weighted by atomic mass is 16.6. The molecule has 25 heavy (non-hydrogen) atoms. The topological polar surface area (TPSA) is 128 Å². The van der Waals surface area contributed by atoms with Crippen LogP contribution in [0.3, 0.4) is 0 Å². The van der Waals surface area contributed by atoms with E-state index in [4.69, 9.17) is 0 Å². The molecule has 0 aliphatic carbocycles. The summed E-state index contributed by atoms with van der Waals surface area (Å²) in [5, 5.41) is 18.6. The Morgan fingerprint density at radius 1 is 1.32 bits per heavy atom. The fourth-order valence-corrected chi connectivity index (χ4v) is 2.20. The molecule has 0 radical (unpaired) electrons. The van der Waals surface area contributed by atoms with Crippen LogP contribution in [0.1, 0.15) is 27.6 Å². The van der Waals surface area contributed by atoms with Gasteiger partial charge in [0.2, 0.25) is 5.82 Å². The first-order valence-corrected chi connectivity index (χ1v) is 7.23. The van der Waals surface area contributed by atoms with Crippen LogP contribution in [-0.4, -0.2) is 36.6 Å². The third kappa shape index (κ3) is 3.47. The summed E-state index contributed by atoms with van der Waals surface area (Å²) in [5.41, 5.74) is 4.27. The van der Waals surface area contributed by atoms with E-state index in [-0.39, 0.29) is 11.5 Å². The summed E-state index contributed by atoms with van der Waals surface area (Å²) >= 11 is 0. The van der Waals surface area contributed by atoms with Crippen molar-refractivity contribution in [2.24, 2.45) is 5.10 Å². The van der Waals surface area contributed by atoms with E-state index in [1.165, 1.54) is 28.9 Å². The molecule has 0 unspecified atom stereocenters. The minimum Gasteiger partial charge on any atom is -0.264 e. The monoisotopic (exact) mass is 339 g/mol. The first-order valence-electron chi connectivity index (χ1n) is 7.23. The van der Waals surface area contributed by atoms with E-state index in [0.717, 1.165) is 11.4 Å². The maximum absolute atomic E-state index is 12.1. The lowest BCUT2D eigenvalue weighted by atomic mass is 10.2. The van der Waals surface area contributed by atoms with E-state index in [0.29, 0.717) is 11.3 Å². The van der Waals surface area contributed by atoms with E-state index in [1.54, 1.807) is 6.07 Å². The summed E-state index contributed by atoms with van der Waals surface area (Å²) < 4.78 is 1.46. The summed E-state index contributed by atoms with van der Waals surface area (Å²) in [6.07, 6.45) is 1.30. The van der Waals surface area contributed by atoms with Crippen LogP contribution in [0.4, 0.5) is 5.69 Å². The number of benzene rings is 1. The highest BCUT2D eigenvalue weighted by Gasteiger charge is 2.14. The molecule has 0 saturated heterocycles. The lowest BCUT2D eigenvalue weighted by molar-refractivity contribution is -0.384. The van der Waals surface area contributed by atoms with Gasteiger partial charge in [-0.25, -0.2) is 14.9 Å². The minimum absolute atomic E-state index is 0.0609. The molecule has 2 aromatic heterocycles. The Labute approximate surface area is 141 Å². The predicted octanol–water partition coefficient (Wildman–Crippen LogP) is 1.41. The van der Waals surface area contributed by atoms with E-state index in [2.05, 4.69) is 25.6 Å². The third-order valence-electron chi connectivity index (χ3n) is 3.28. The number of hydrogen-bond donors (Lipinski definition) is 1. The zero-order chi connectivity index (χ0) is 18.0. The normalized spacial score (nSPS) is 11.1. The number of nitro groups is 1. The number of carbonyl (C=O) groups is 1. The van der Waals surface area contributed by atoms with Gasteiger partial charge in [0, 0.05) is 29.1 Å². The molecule has 1 N–H and O–H groups in total. The van der Waals surface area contributed by atoms with Crippen molar-refractivity contribution in [2.75, 3.05) is 0 Å². The van der Waals surface area contributed by atoms with Gasteiger partial charge in [0.1, 0.15) is 0 Å². The lowest BCUT2D eigenvalue weighted by Crippen LogP contribution is -2.19. The zero-order valence-electron chi connectivity index (χ0n) is 13.4. The molecule has 3 aromatic rings. The molecule has 10 nitrogen and oxygen atoms in total. The summed E-state index contributed by atoms with van der Waals surface area (Å²) in [6.45, 7) is 3.66. The van der Waals surface area contributed by atoms with Gasteiger partial charge >= 0.3 is 5.91 Å². The Morgan fingerprint density at radius 3 is 2.88 bits per heavy atom. The molecule has 1 amide bonds. The van der Waals surface area contributed by atoms with Crippen LogP contribution in [0.25, 0.3) is 5.78 Å². The van der Waals surface area contributed by atoms with Crippen molar-refractivity contribution in [1.82, 2.24) is 25.0 Å². The second-order valence-electron chi connectivity index (χ2n) is 5.24. The Bertz CT molecular complexity index is 1010. The first-order chi connectivity index (χ1) is 11.9. The average molecular weight is 339 g/mol. The number of carbonyl (C=O) groups excluding carboxylic acids is 1. The number of hydrazone groups is 1. The fourth-order valence-electron chi connectivity index (χ4n) is 2.20. The van der Waals surface area contributed by atoms with E-state index < -0.39 is 10.8 Å². The number of aryl methyl sites for hydroxylation is 2. The van der Waals surface area contributed by atoms with Crippen LogP contribution in [0.2, 0.25) is 0 Å². The molecule has 0 spiro atoms. The van der Waals surface area contributed by atoms with Crippen molar-refractivity contribution >= 4 is 23.6 Å². The second-order valence-corrected chi connectivity index (χ2v) is 5.24. The van der Waals surface area contributed by atoms with Gasteiger partial charge in [-0.3, -0.25) is 14.9 Å². The van der Waals surface area contributed by atoms with Crippen LogP contribution in [-0.2, 0) is 0 Å². The molecule has 10 heteroatoms. The van der Waals surface area contributed by atoms with E-state index in [1.807, 2.05) is 19.9 Å². The minimum atomic E-state index is -0.607. The smallest absolute Gasteiger partial charge is 0.264 e. The van der Waals surface area contributed by atoms with Gasteiger partial charge < -0.3 is 0 Å². The van der Waals surface area contributed by atoms with Crippen molar-refractivity contribution < 1.29 is 9.72 Å². The quantitative estimate of drug-likeness (QED) is 0.435. The van der Waals surface area contributed by atoms with E-state index in [9.17, 15) is 14.9 Å². The molecule has 0 aliphatic heterocycles. The number of rotatable bonds is 4. The maximum atomic E-state index is 12.1. The van der Waals surface area contributed by atoms with Gasteiger partial charge in [-0.1, -0.05) is 12.1 Å². The number of nitro benzene ring substituents is 1. The van der Waals surface area contributed by atoms with Crippen molar-refractivity contribution in [2.45, 2.75) is 13.8 Å². The second kappa shape index (κ2) is 6.43. The number of fused-ring (bicyclic) bond motifs is 1. The number of non-ortho nitro benzene ring substituents is 1. The molecule has 0 atom stereocenters.